The highest BCUT2D eigenvalue weighted by atomic mass is 28.4. The zero-order valence-corrected chi connectivity index (χ0v) is 18.9. The van der Waals surface area contributed by atoms with E-state index in [0.717, 1.165) is 12.8 Å². The van der Waals surface area contributed by atoms with Crippen molar-refractivity contribution in [2.24, 2.45) is 11.8 Å². The maximum Gasteiger partial charge on any atom is 0.261 e. The first-order valence-corrected chi connectivity index (χ1v) is 12.2. The molecule has 0 saturated carbocycles. The third kappa shape index (κ3) is 5.22. The van der Waals surface area contributed by atoms with Crippen molar-refractivity contribution in [3.8, 4) is 0 Å². The highest BCUT2D eigenvalue weighted by Crippen LogP contribution is 2.37. The van der Waals surface area contributed by atoms with Crippen LogP contribution >= 0.6 is 0 Å². The Bertz CT molecular complexity index is 667. The van der Waals surface area contributed by atoms with Gasteiger partial charge in [0.15, 0.2) is 0 Å². The molecule has 0 aromatic heterocycles. The van der Waals surface area contributed by atoms with Crippen molar-refractivity contribution in [1.82, 2.24) is 0 Å². The van der Waals surface area contributed by atoms with E-state index < -0.39 is 8.32 Å². The number of allylic oxidation sites excluding steroid dienone is 1. The van der Waals surface area contributed by atoms with E-state index in [1.807, 2.05) is 6.08 Å². The highest BCUT2D eigenvalue weighted by molar-refractivity contribution is 6.99. The monoisotopic (exact) mass is 396 g/mol. The van der Waals surface area contributed by atoms with Crippen LogP contribution in [0.25, 0.3) is 0 Å². The molecule has 0 saturated heterocycles. The molecular formula is C25H36O2Si. The lowest BCUT2D eigenvalue weighted by Crippen LogP contribution is -2.66. The van der Waals surface area contributed by atoms with Crippen LogP contribution < -0.4 is 10.4 Å². The van der Waals surface area contributed by atoms with E-state index in [1.165, 1.54) is 10.4 Å². The molecule has 0 aliphatic rings. The summed E-state index contributed by atoms with van der Waals surface area (Å²) in [5, 5.41) is 12.3. The van der Waals surface area contributed by atoms with Crippen molar-refractivity contribution >= 4 is 18.7 Å². The van der Waals surface area contributed by atoms with Crippen LogP contribution in [0.2, 0.25) is 5.04 Å². The largest absolute Gasteiger partial charge is 0.407 e. The molecule has 2 aromatic rings. The Balaban J connectivity index is 2.38. The average Bonchev–Trinajstić information content (AvgIpc) is 2.68. The molecule has 2 nitrogen and oxygen atoms in total. The minimum absolute atomic E-state index is 0.00702. The van der Waals surface area contributed by atoms with Crippen LogP contribution in [-0.4, -0.2) is 26.6 Å². The van der Waals surface area contributed by atoms with Crippen molar-refractivity contribution in [2.45, 2.75) is 45.6 Å². The second-order valence-electron chi connectivity index (χ2n) is 8.89. The summed E-state index contributed by atoms with van der Waals surface area (Å²) < 4.78 is 6.98. The van der Waals surface area contributed by atoms with Crippen molar-refractivity contribution in [3.63, 3.8) is 0 Å². The van der Waals surface area contributed by atoms with Crippen LogP contribution in [0.15, 0.2) is 73.3 Å². The molecule has 28 heavy (non-hydrogen) atoms. The van der Waals surface area contributed by atoms with Gasteiger partial charge in [0.2, 0.25) is 0 Å². The maximum absolute atomic E-state index is 9.64. The van der Waals surface area contributed by atoms with Gasteiger partial charge in [-0.25, -0.2) is 0 Å². The molecule has 0 fully saturated rings. The molecular weight excluding hydrogens is 360 g/mol. The predicted octanol–water partition coefficient (Wildman–Crippen LogP) is 4.77. The van der Waals surface area contributed by atoms with E-state index in [4.69, 9.17) is 4.43 Å². The van der Waals surface area contributed by atoms with Gasteiger partial charge >= 0.3 is 0 Å². The van der Waals surface area contributed by atoms with E-state index in [-0.39, 0.29) is 17.6 Å². The van der Waals surface area contributed by atoms with Crippen LogP contribution in [0.5, 0.6) is 0 Å². The van der Waals surface area contributed by atoms with E-state index in [1.54, 1.807) is 0 Å². The van der Waals surface area contributed by atoms with Gasteiger partial charge in [-0.2, -0.15) is 0 Å². The Hall–Kier alpha value is -1.68. The smallest absolute Gasteiger partial charge is 0.261 e. The summed E-state index contributed by atoms with van der Waals surface area (Å²) in [7, 11) is -2.47. The molecule has 2 aromatic carbocycles. The normalized spacial score (nSPS) is 14.5. The summed E-state index contributed by atoms with van der Waals surface area (Å²) >= 11 is 0. The number of hydrogen-bond acceptors (Lipinski definition) is 2. The molecule has 1 N–H and O–H groups in total. The summed E-state index contributed by atoms with van der Waals surface area (Å²) in [5.74, 6) is 0.633. The first kappa shape index (κ1) is 22.6. The van der Waals surface area contributed by atoms with Crippen LogP contribution in [0.1, 0.15) is 40.5 Å². The SMILES string of the molecule is C=CCC(CO)CC(C)CO[Si](c1ccccc1)(c1ccccc1)C(C)(C)C. The zero-order chi connectivity index (χ0) is 20.6. The predicted molar refractivity (Wildman–Crippen MR) is 123 cm³/mol. The molecule has 0 heterocycles. The molecule has 3 heteroatoms. The van der Waals surface area contributed by atoms with Gasteiger partial charge in [-0.05, 0) is 40.1 Å². The maximum atomic E-state index is 9.64. The van der Waals surface area contributed by atoms with Crippen molar-refractivity contribution < 1.29 is 9.53 Å². The fourth-order valence-corrected chi connectivity index (χ4v) is 8.84. The Kier molecular flexibility index (Phi) is 8.23. The number of benzene rings is 2. The first-order valence-electron chi connectivity index (χ1n) is 10.3. The Morgan fingerprint density at radius 3 is 1.89 bits per heavy atom. The molecule has 2 unspecified atom stereocenters. The van der Waals surface area contributed by atoms with Gasteiger partial charge in [0.25, 0.3) is 8.32 Å². The molecule has 0 spiro atoms. The third-order valence-corrected chi connectivity index (χ3v) is 10.5. The molecule has 2 atom stereocenters. The van der Waals surface area contributed by atoms with E-state index in [0.29, 0.717) is 12.5 Å². The Morgan fingerprint density at radius 1 is 1.00 bits per heavy atom. The number of rotatable bonds is 10. The van der Waals surface area contributed by atoms with Crippen LogP contribution in [0, 0.1) is 11.8 Å². The fraction of sp³-hybridized carbons (Fsp3) is 0.440. The van der Waals surface area contributed by atoms with E-state index in [9.17, 15) is 5.11 Å². The van der Waals surface area contributed by atoms with Crippen LogP contribution in [-0.2, 0) is 4.43 Å². The second-order valence-corrected chi connectivity index (χ2v) is 13.2. The Labute approximate surface area is 172 Å². The van der Waals surface area contributed by atoms with Gasteiger partial charge in [-0.3, -0.25) is 0 Å². The van der Waals surface area contributed by atoms with E-state index in [2.05, 4.69) is 94.9 Å². The molecule has 2 rings (SSSR count). The lowest BCUT2D eigenvalue weighted by atomic mass is 9.94. The fourth-order valence-electron chi connectivity index (χ4n) is 4.15. The third-order valence-electron chi connectivity index (χ3n) is 5.50. The van der Waals surface area contributed by atoms with Gasteiger partial charge in [-0.1, -0.05) is 94.4 Å². The molecule has 0 aliphatic heterocycles. The molecule has 0 radical (unpaired) electrons. The van der Waals surface area contributed by atoms with Gasteiger partial charge in [0, 0.05) is 13.2 Å². The number of aliphatic hydroxyl groups is 1. The molecule has 152 valence electrons. The second kappa shape index (κ2) is 10.2. The van der Waals surface area contributed by atoms with Crippen molar-refractivity contribution in [1.29, 1.82) is 0 Å². The van der Waals surface area contributed by atoms with Gasteiger partial charge in [-0.15, -0.1) is 6.58 Å². The van der Waals surface area contributed by atoms with Crippen molar-refractivity contribution in [2.75, 3.05) is 13.2 Å². The Morgan fingerprint density at radius 2 is 1.50 bits per heavy atom. The number of aliphatic hydroxyl groups excluding tert-OH is 1. The standard InChI is InChI=1S/C25H36O2Si/c1-6-13-22(19-26)18-21(2)20-27-28(25(3,4)5,23-14-9-7-10-15-23)24-16-11-8-12-17-24/h6-12,14-17,21-22,26H,1,13,18-20H2,2-5H3. The zero-order valence-electron chi connectivity index (χ0n) is 17.9. The molecule has 0 aliphatic carbocycles. The summed E-state index contributed by atoms with van der Waals surface area (Å²) in [6, 6.07) is 21.5. The summed E-state index contributed by atoms with van der Waals surface area (Å²) in [6.45, 7) is 13.9. The minimum Gasteiger partial charge on any atom is -0.407 e. The average molecular weight is 397 g/mol. The van der Waals surface area contributed by atoms with Gasteiger partial charge in [0.1, 0.15) is 0 Å². The highest BCUT2D eigenvalue weighted by Gasteiger charge is 2.50. The van der Waals surface area contributed by atoms with E-state index >= 15 is 0 Å². The summed E-state index contributed by atoms with van der Waals surface area (Å²) in [4.78, 5) is 0. The summed E-state index contributed by atoms with van der Waals surface area (Å²) in [6.07, 6.45) is 3.69. The van der Waals surface area contributed by atoms with Crippen LogP contribution in [0.4, 0.5) is 0 Å². The minimum atomic E-state index is -2.47. The lowest BCUT2D eigenvalue weighted by Gasteiger charge is -2.43. The van der Waals surface area contributed by atoms with Gasteiger partial charge in [0.05, 0.1) is 0 Å². The first-order chi connectivity index (χ1) is 13.3. The number of hydrogen-bond donors (Lipinski definition) is 1. The van der Waals surface area contributed by atoms with Crippen LogP contribution in [0.3, 0.4) is 0 Å². The van der Waals surface area contributed by atoms with Crippen molar-refractivity contribution in [3.05, 3.63) is 73.3 Å². The lowest BCUT2D eigenvalue weighted by molar-refractivity contribution is 0.174. The molecule has 0 amide bonds. The topological polar surface area (TPSA) is 29.5 Å². The molecule has 0 bridgehead atoms. The summed E-state index contributed by atoms with van der Waals surface area (Å²) in [5.41, 5.74) is 0. The van der Waals surface area contributed by atoms with Gasteiger partial charge < -0.3 is 9.53 Å². The quantitative estimate of drug-likeness (QED) is 0.463.